The topological polar surface area (TPSA) is 32.3 Å². The molecular formula is C24H30N2O. The molecule has 2 aliphatic rings. The lowest BCUT2D eigenvalue weighted by molar-refractivity contribution is 0.0940. The predicted octanol–water partition coefficient (Wildman–Crippen LogP) is 5.05. The molecule has 1 unspecified atom stereocenters. The summed E-state index contributed by atoms with van der Waals surface area (Å²) in [7, 11) is 0. The third-order valence-electron chi connectivity index (χ3n) is 6.07. The summed E-state index contributed by atoms with van der Waals surface area (Å²) < 4.78 is 0. The van der Waals surface area contributed by atoms with E-state index in [1.54, 1.807) is 0 Å². The molecule has 142 valence electrons. The van der Waals surface area contributed by atoms with Crippen LogP contribution in [0, 0.1) is 0 Å². The molecule has 1 saturated heterocycles. The second kappa shape index (κ2) is 8.16. The summed E-state index contributed by atoms with van der Waals surface area (Å²) in [5.41, 5.74) is 6.12. The molecule has 1 aliphatic carbocycles. The number of hydrogen-bond donors (Lipinski definition) is 1. The number of aryl methyl sites for hydroxylation is 2. The Balaban J connectivity index is 1.40. The van der Waals surface area contributed by atoms with E-state index in [4.69, 9.17) is 0 Å². The SMILES string of the molecule is CC(NC(=O)c1ccc(N2CCCCC2)cc1)c1ccc2c(c1)CCCC2. The Hall–Kier alpha value is -2.29. The monoisotopic (exact) mass is 362 g/mol. The molecule has 1 fully saturated rings. The van der Waals surface area contributed by atoms with E-state index in [1.807, 2.05) is 12.1 Å². The van der Waals surface area contributed by atoms with Crippen molar-refractivity contribution in [1.29, 1.82) is 0 Å². The molecule has 1 amide bonds. The van der Waals surface area contributed by atoms with E-state index in [9.17, 15) is 4.79 Å². The number of amides is 1. The minimum absolute atomic E-state index is 0.00501. The first-order chi connectivity index (χ1) is 13.2. The number of nitrogens with zero attached hydrogens (tertiary/aromatic N) is 1. The number of nitrogens with one attached hydrogen (secondary N) is 1. The van der Waals surface area contributed by atoms with Gasteiger partial charge in [-0.25, -0.2) is 0 Å². The lowest BCUT2D eigenvalue weighted by Gasteiger charge is -2.28. The maximum atomic E-state index is 12.7. The zero-order chi connectivity index (χ0) is 18.6. The smallest absolute Gasteiger partial charge is 0.251 e. The highest BCUT2D eigenvalue weighted by Gasteiger charge is 2.16. The molecule has 0 bridgehead atoms. The summed E-state index contributed by atoms with van der Waals surface area (Å²) in [6, 6.07) is 14.8. The molecule has 3 heteroatoms. The summed E-state index contributed by atoms with van der Waals surface area (Å²) in [5, 5.41) is 3.17. The zero-order valence-electron chi connectivity index (χ0n) is 16.3. The summed E-state index contributed by atoms with van der Waals surface area (Å²) in [5.74, 6) is 0.00501. The molecule has 0 spiro atoms. The van der Waals surface area contributed by atoms with Crippen molar-refractivity contribution < 1.29 is 4.79 Å². The quantitative estimate of drug-likeness (QED) is 0.826. The van der Waals surface area contributed by atoms with Gasteiger partial charge < -0.3 is 10.2 Å². The summed E-state index contributed by atoms with van der Waals surface area (Å²) in [6.07, 6.45) is 8.80. The highest BCUT2D eigenvalue weighted by Crippen LogP contribution is 2.25. The average Bonchev–Trinajstić information content (AvgIpc) is 2.74. The number of hydrogen-bond acceptors (Lipinski definition) is 2. The summed E-state index contributed by atoms with van der Waals surface area (Å²) >= 11 is 0. The van der Waals surface area contributed by atoms with Crippen LogP contribution in [0.5, 0.6) is 0 Å². The molecule has 27 heavy (non-hydrogen) atoms. The number of carbonyl (C=O) groups is 1. The van der Waals surface area contributed by atoms with Gasteiger partial charge in [0.1, 0.15) is 0 Å². The van der Waals surface area contributed by atoms with Crippen LogP contribution in [0.3, 0.4) is 0 Å². The van der Waals surface area contributed by atoms with Crippen LogP contribution in [0.15, 0.2) is 42.5 Å². The van der Waals surface area contributed by atoms with Gasteiger partial charge in [-0.05, 0) is 92.8 Å². The van der Waals surface area contributed by atoms with E-state index in [0.717, 1.165) is 18.7 Å². The van der Waals surface area contributed by atoms with Gasteiger partial charge in [0.25, 0.3) is 5.91 Å². The van der Waals surface area contributed by atoms with Crippen LogP contribution in [-0.4, -0.2) is 19.0 Å². The maximum Gasteiger partial charge on any atom is 0.251 e. The van der Waals surface area contributed by atoms with E-state index in [2.05, 4.69) is 47.5 Å². The van der Waals surface area contributed by atoms with Crippen LogP contribution in [0.2, 0.25) is 0 Å². The van der Waals surface area contributed by atoms with Crippen molar-refractivity contribution >= 4 is 11.6 Å². The van der Waals surface area contributed by atoms with Gasteiger partial charge in [0.15, 0.2) is 0 Å². The normalized spacial score (nSPS) is 17.9. The molecule has 0 saturated carbocycles. The fourth-order valence-corrected chi connectivity index (χ4v) is 4.36. The van der Waals surface area contributed by atoms with Crippen molar-refractivity contribution in [2.24, 2.45) is 0 Å². The average molecular weight is 363 g/mol. The molecule has 0 aromatic heterocycles. The first-order valence-electron chi connectivity index (χ1n) is 10.5. The van der Waals surface area contributed by atoms with Crippen LogP contribution in [0.1, 0.15) is 72.1 Å². The van der Waals surface area contributed by atoms with Crippen LogP contribution in [-0.2, 0) is 12.8 Å². The van der Waals surface area contributed by atoms with Crippen LogP contribution >= 0.6 is 0 Å². The molecular weight excluding hydrogens is 332 g/mol. The lowest BCUT2D eigenvalue weighted by Crippen LogP contribution is -2.29. The third kappa shape index (κ3) is 4.18. The Labute approximate surface area is 162 Å². The number of carbonyl (C=O) groups excluding carboxylic acids is 1. The van der Waals surface area contributed by atoms with E-state index >= 15 is 0 Å². The molecule has 0 radical (unpaired) electrons. The second-order valence-corrected chi connectivity index (χ2v) is 8.02. The fourth-order valence-electron chi connectivity index (χ4n) is 4.36. The maximum absolute atomic E-state index is 12.7. The van der Waals surface area contributed by atoms with Crippen molar-refractivity contribution in [3.8, 4) is 0 Å². The molecule has 1 aliphatic heterocycles. The second-order valence-electron chi connectivity index (χ2n) is 8.02. The highest BCUT2D eigenvalue weighted by atomic mass is 16.1. The Morgan fingerprint density at radius 2 is 1.59 bits per heavy atom. The minimum Gasteiger partial charge on any atom is -0.372 e. The van der Waals surface area contributed by atoms with E-state index in [-0.39, 0.29) is 11.9 Å². The van der Waals surface area contributed by atoms with Crippen molar-refractivity contribution in [2.45, 2.75) is 57.9 Å². The number of benzene rings is 2. The summed E-state index contributed by atoms with van der Waals surface area (Å²) in [6.45, 7) is 4.33. The molecule has 1 heterocycles. The lowest BCUT2D eigenvalue weighted by atomic mass is 9.89. The van der Waals surface area contributed by atoms with Gasteiger partial charge in [-0.1, -0.05) is 18.2 Å². The van der Waals surface area contributed by atoms with E-state index in [0.29, 0.717) is 0 Å². The first kappa shape index (κ1) is 18.1. The molecule has 4 rings (SSSR count). The zero-order valence-corrected chi connectivity index (χ0v) is 16.3. The van der Waals surface area contributed by atoms with Crippen LogP contribution < -0.4 is 10.2 Å². The van der Waals surface area contributed by atoms with Gasteiger partial charge in [0.05, 0.1) is 6.04 Å². The number of piperidine rings is 1. The largest absolute Gasteiger partial charge is 0.372 e. The van der Waals surface area contributed by atoms with Gasteiger partial charge in [-0.3, -0.25) is 4.79 Å². The van der Waals surface area contributed by atoms with Crippen molar-refractivity contribution in [3.05, 3.63) is 64.7 Å². The Bertz CT molecular complexity index is 791. The van der Waals surface area contributed by atoms with Gasteiger partial charge in [-0.15, -0.1) is 0 Å². The summed E-state index contributed by atoms with van der Waals surface area (Å²) in [4.78, 5) is 15.1. The predicted molar refractivity (Wildman–Crippen MR) is 111 cm³/mol. The van der Waals surface area contributed by atoms with E-state index < -0.39 is 0 Å². The third-order valence-corrected chi connectivity index (χ3v) is 6.07. The van der Waals surface area contributed by atoms with Gasteiger partial charge in [-0.2, -0.15) is 0 Å². The van der Waals surface area contributed by atoms with Gasteiger partial charge in [0, 0.05) is 24.3 Å². The number of anilines is 1. The number of fused-ring (bicyclic) bond motifs is 1. The fraction of sp³-hybridized carbons (Fsp3) is 0.458. The van der Waals surface area contributed by atoms with E-state index in [1.165, 1.54) is 67.3 Å². The van der Waals surface area contributed by atoms with Crippen molar-refractivity contribution in [1.82, 2.24) is 5.32 Å². The Morgan fingerprint density at radius 3 is 2.33 bits per heavy atom. The van der Waals surface area contributed by atoms with Crippen LogP contribution in [0.25, 0.3) is 0 Å². The molecule has 1 atom stereocenters. The molecule has 1 N–H and O–H groups in total. The van der Waals surface area contributed by atoms with Crippen LogP contribution in [0.4, 0.5) is 5.69 Å². The Morgan fingerprint density at radius 1 is 0.889 bits per heavy atom. The first-order valence-corrected chi connectivity index (χ1v) is 10.5. The van der Waals surface area contributed by atoms with Gasteiger partial charge in [0.2, 0.25) is 0 Å². The van der Waals surface area contributed by atoms with Crippen molar-refractivity contribution in [3.63, 3.8) is 0 Å². The molecule has 2 aromatic carbocycles. The van der Waals surface area contributed by atoms with Crippen molar-refractivity contribution in [2.75, 3.05) is 18.0 Å². The standard InChI is InChI=1S/C24H30N2O/c1-18(21-10-9-19-7-3-4-8-22(19)17-21)25-24(27)20-11-13-23(14-12-20)26-15-5-2-6-16-26/h9-14,17-18H,2-8,15-16H2,1H3,(H,25,27). The minimum atomic E-state index is 0.00501. The molecule has 2 aromatic rings. The van der Waals surface area contributed by atoms with Gasteiger partial charge >= 0.3 is 0 Å². The molecule has 3 nitrogen and oxygen atoms in total. The number of rotatable bonds is 4. The Kier molecular flexibility index (Phi) is 5.47. The highest BCUT2D eigenvalue weighted by molar-refractivity contribution is 5.94.